The van der Waals surface area contributed by atoms with Crippen LogP contribution in [0.1, 0.15) is 19.8 Å². The molecule has 1 aromatic carbocycles. The van der Waals surface area contributed by atoms with Crippen molar-refractivity contribution in [3.8, 4) is 0 Å². The van der Waals surface area contributed by atoms with Gasteiger partial charge in [-0.1, -0.05) is 25.5 Å². The zero-order valence-corrected chi connectivity index (χ0v) is 9.35. The topological polar surface area (TPSA) is 46.2 Å². The van der Waals surface area contributed by atoms with Crippen LogP contribution < -0.4 is 4.72 Å². The highest BCUT2D eigenvalue weighted by Crippen LogP contribution is 2.12. The number of rotatable bonds is 5. The molecule has 0 spiro atoms. The lowest BCUT2D eigenvalue weighted by Gasteiger charge is -2.06. The van der Waals surface area contributed by atoms with Crippen LogP contribution in [0.25, 0.3) is 0 Å². The van der Waals surface area contributed by atoms with Gasteiger partial charge in [-0.2, -0.15) is 0 Å². The summed E-state index contributed by atoms with van der Waals surface area (Å²) < 4.78 is 38.7. The number of nitrogens with one attached hydrogen (secondary N) is 1. The predicted molar refractivity (Wildman–Crippen MR) is 56.5 cm³/mol. The van der Waals surface area contributed by atoms with E-state index < -0.39 is 15.8 Å². The molecule has 5 heteroatoms. The molecular weight excluding hydrogens is 217 g/mol. The summed E-state index contributed by atoms with van der Waals surface area (Å²) in [5.74, 6) is -0.721. The van der Waals surface area contributed by atoms with Crippen molar-refractivity contribution in [1.29, 1.82) is 0 Å². The highest BCUT2D eigenvalue weighted by Gasteiger charge is 2.16. The van der Waals surface area contributed by atoms with Gasteiger partial charge in [-0.15, -0.1) is 0 Å². The second-order valence-corrected chi connectivity index (χ2v) is 4.92. The zero-order chi connectivity index (χ0) is 11.3. The number of hydrogen-bond donors (Lipinski definition) is 1. The average molecular weight is 231 g/mol. The van der Waals surface area contributed by atoms with Gasteiger partial charge < -0.3 is 0 Å². The molecule has 84 valence electrons. The van der Waals surface area contributed by atoms with Crippen molar-refractivity contribution in [3.05, 3.63) is 30.1 Å². The summed E-state index contributed by atoms with van der Waals surface area (Å²) in [6.07, 6.45) is 1.63. The smallest absolute Gasteiger partial charge is 0.211 e. The maximum atomic E-state index is 13.2. The first-order valence-electron chi connectivity index (χ1n) is 4.82. The van der Waals surface area contributed by atoms with Crippen LogP contribution in [-0.2, 0) is 10.0 Å². The molecular formula is C10H14FNO2S. The molecule has 0 unspecified atom stereocenters. The molecule has 1 N–H and O–H groups in total. The Morgan fingerprint density at radius 3 is 2.60 bits per heavy atom. The molecule has 0 radical (unpaired) electrons. The predicted octanol–water partition coefficient (Wildman–Crippen LogP) is 1.90. The third-order valence-corrected chi connectivity index (χ3v) is 3.44. The summed E-state index contributed by atoms with van der Waals surface area (Å²) in [7, 11) is -3.69. The Labute approximate surface area is 89.4 Å². The molecule has 0 saturated heterocycles. The number of unbranched alkanes of at least 4 members (excludes halogenated alkanes) is 1. The van der Waals surface area contributed by atoms with Crippen molar-refractivity contribution in [2.24, 2.45) is 0 Å². The van der Waals surface area contributed by atoms with Gasteiger partial charge in [0.2, 0.25) is 10.0 Å². The summed E-state index contributed by atoms with van der Waals surface area (Å²) in [6.45, 7) is 2.30. The monoisotopic (exact) mass is 231 g/mol. The maximum Gasteiger partial charge on any atom is 0.243 e. The Kier molecular flexibility index (Phi) is 4.23. The molecule has 3 nitrogen and oxygen atoms in total. The minimum atomic E-state index is -3.69. The van der Waals surface area contributed by atoms with Crippen LogP contribution in [0.2, 0.25) is 0 Å². The van der Waals surface area contributed by atoms with Crippen molar-refractivity contribution < 1.29 is 12.8 Å². The van der Waals surface area contributed by atoms with Gasteiger partial charge in [-0.25, -0.2) is 17.5 Å². The van der Waals surface area contributed by atoms with E-state index in [9.17, 15) is 12.8 Å². The Hall–Kier alpha value is -0.940. The normalized spacial score (nSPS) is 11.6. The van der Waals surface area contributed by atoms with Crippen LogP contribution in [0.5, 0.6) is 0 Å². The molecule has 1 aromatic rings. The SMILES string of the molecule is CCCCNS(=O)(=O)c1ccccc1F. The van der Waals surface area contributed by atoms with Crippen LogP contribution in [0, 0.1) is 5.82 Å². The second kappa shape index (κ2) is 5.23. The molecule has 0 aliphatic rings. The first-order valence-corrected chi connectivity index (χ1v) is 6.30. The second-order valence-electron chi connectivity index (χ2n) is 3.18. The van der Waals surface area contributed by atoms with E-state index in [-0.39, 0.29) is 4.90 Å². The van der Waals surface area contributed by atoms with Gasteiger partial charge >= 0.3 is 0 Å². The van der Waals surface area contributed by atoms with E-state index in [2.05, 4.69) is 4.72 Å². The Morgan fingerprint density at radius 2 is 2.00 bits per heavy atom. The average Bonchev–Trinajstić information content (AvgIpc) is 2.18. The Bertz CT molecular complexity index is 417. The summed E-state index contributed by atoms with van der Waals surface area (Å²) in [4.78, 5) is -0.291. The molecule has 0 amide bonds. The van der Waals surface area contributed by atoms with E-state index in [0.29, 0.717) is 6.54 Å². The largest absolute Gasteiger partial charge is 0.243 e. The lowest BCUT2D eigenvalue weighted by atomic mass is 10.3. The number of halogens is 1. The fraction of sp³-hybridized carbons (Fsp3) is 0.400. The van der Waals surface area contributed by atoms with Crippen LogP contribution in [0.15, 0.2) is 29.2 Å². The van der Waals surface area contributed by atoms with Crippen molar-refractivity contribution in [3.63, 3.8) is 0 Å². The van der Waals surface area contributed by atoms with Gasteiger partial charge in [-0.05, 0) is 18.6 Å². The summed E-state index contributed by atoms with van der Waals surface area (Å²) in [5, 5.41) is 0. The van der Waals surface area contributed by atoms with Crippen molar-refractivity contribution in [2.75, 3.05) is 6.54 Å². The summed E-state index contributed by atoms with van der Waals surface area (Å²) >= 11 is 0. The van der Waals surface area contributed by atoms with E-state index in [1.165, 1.54) is 18.2 Å². The minimum absolute atomic E-state index is 0.291. The van der Waals surface area contributed by atoms with Crippen LogP contribution in [-0.4, -0.2) is 15.0 Å². The minimum Gasteiger partial charge on any atom is -0.211 e. The quantitative estimate of drug-likeness (QED) is 0.787. The molecule has 0 aromatic heterocycles. The molecule has 0 atom stereocenters. The maximum absolute atomic E-state index is 13.2. The molecule has 0 aliphatic carbocycles. The number of hydrogen-bond acceptors (Lipinski definition) is 2. The molecule has 0 heterocycles. The molecule has 1 rings (SSSR count). The fourth-order valence-electron chi connectivity index (χ4n) is 1.12. The fourth-order valence-corrected chi connectivity index (χ4v) is 2.27. The standard InChI is InChI=1S/C10H14FNO2S/c1-2-3-8-12-15(13,14)10-7-5-4-6-9(10)11/h4-7,12H,2-3,8H2,1H3. The number of benzene rings is 1. The number of sulfonamides is 1. The first-order chi connectivity index (χ1) is 7.08. The van der Waals surface area contributed by atoms with Crippen LogP contribution in [0.3, 0.4) is 0 Å². The van der Waals surface area contributed by atoms with E-state index in [1.54, 1.807) is 0 Å². The molecule has 15 heavy (non-hydrogen) atoms. The lowest BCUT2D eigenvalue weighted by molar-refractivity contribution is 0.555. The first kappa shape index (κ1) is 12.1. The van der Waals surface area contributed by atoms with Crippen molar-refractivity contribution >= 4 is 10.0 Å². The Morgan fingerprint density at radius 1 is 1.33 bits per heavy atom. The van der Waals surface area contributed by atoms with Crippen molar-refractivity contribution in [1.82, 2.24) is 4.72 Å². The summed E-state index contributed by atoms with van der Waals surface area (Å²) in [5.41, 5.74) is 0. The van der Waals surface area contributed by atoms with Gasteiger partial charge in [0, 0.05) is 6.54 Å². The highest BCUT2D eigenvalue weighted by atomic mass is 32.2. The Balaban J connectivity index is 2.83. The van der Waals surface area contributed by atoms with Gasteiger partial charge in [0.25, 0.3) is 0 Å². The summed E-state index contributed by atoms with van der Waals surface area (Å²) in [6, 6.07) is 5.34. The molecule has 0 fully saturated rings. The molecule has 0 bridgehead atoms. The molecule has 0 saturated carbocycles. The zero-order valence-electron chi connectivity index (χ0n) is 8.53. The van der Waals surface area contributed by atoms with Gasteiger partial charge in [0.15, 0.2) is 0 Å². The van der Waals surface area contributed by atoms with Gasteiger partial charge in [0.05, 0.1) is 0 Å². The third-order valence-electron chi connectivity index (χ3n) is 1.95. The van der Waals surface area contributed by atoms with E-state index >= 15 is 0 Å². The van der Waals surface area contributed by atoms with E-state index in [1.807, 2.05) is 6.92 Å². The highest BCUT2D eigenvalue weighted by molar-refractivity contribution is 7.89. The van der Waals surface area contributed by atoms with Crippen molar-refractivity contribution in [2.45, 2.75) is 24.7 Å². The van der Waals surface area contributed by atoms with Crippen LogP contribution >= 0.6 is 0 Å². The van der Waals surface area contributed by atoms with Crippen LogP contribution in [0.4, 0.5) is 4.39 Å². The van der Waals surface area contributed by atoms with E-state index in [0.717, 1.165) is 18.9 Å². The molecule has 0 aliphatic heterocycles. The van der Waals surface area contributed by atoms with Gasteiger partial charge in [-0.3, -0.25) is 0 Å². The third kappa shape index (κ3) is 3.28. The van der Waals surface area contributed by atoms with E-state index in [4.69, 9.17) is 0 Å². The van der Waals surface area contributed by atoms with Gasteiger partial charge in [0.1, 0.15) is 10.7 Å². The lowest BCUT2D eigenvalue weighted by Crippen LogP contribution is -2.25.